The number of sulfonamides is 1. The van der Waals surface area contributed by atoms with Crippen molar-refractivity contribution in [2.45, 2.75) is 56.2 Å². The molecule has 0 unspecified atom stereocenters. The van der Waals surface area contributed by atoms with Crippen LogP contribution in [0.4, 0.5) is 10.2 Å². The molecule has 9 heteroatoms. The molecule has 1 saturated carbocycles. The molecule has 0 spiro atoms. The van der Waals surface area contributed by atoms with Crippen molar-refractivity contribution in [3.8, 4) is 0 Å². The van der Waals surface area contributed by atoms with Gasteiger partial charge in [0, 0.05) is 31.9 Å². The van der Waals surface area contributed by atoms with Crippen LogP contribution in [0.1, 0.15) is 43.6 Å². The summed E-state index contributed by atoms with van der Waals surface area (Å²) in [4.78, 5) is 13.7. The molecule has 7 nitrogen and oxygen atoms in total. The first kappa shape index (κ1) is 23.9. The Morgan fingerprint density at radius 3 is 2.45 bits per heavy atom. The van der Waals surface area contributed by atoms with E-state index in [2.05, 4.69) is 29.0 Å². The Hall–Kier alpha value is -2.23. The third-order valence-corrected chi connectivity index (χ3v) is 7.56. The number of halogens is 1. The summed E-state index contributed by atoms with van der Waals surface area (Å²) in [5.41, 5.74) is 0.678. The van der Waals surface area contributed by atoms with Gasteiger partial charge in [-0.15, -0.1) is 0 Å². The van der Waals surface area contributed by atoms with Crippen molar-refractivity contribution in [2.75, 3.05) is 24.3 Å². The summed E-state index contributed by atoms with van der Waals surface area (Å²) in [6, 6.07) is 10.9. The normalized spacial score (nSPS) is 26.0. The lowest BCUT2D eigenvalue weighted by molar-refractivity contribution is 0.0155. The van der Waals surface area contributed by atoms with Gasteiger partial charge in [-0.2, -0.15) is 4.39 Å². The van der Waals surface area contributed by atoms with E-state index in [0.717, 1.165) is 31.9 Å². The highest BCUT2D eigenvalue weighted by atomic mass is 32.2. The predicted molar refractivity (Wildman–Crippen MR) is 127 cm³/mol. The van der Waals surface area contributed by atoms with E-state index < -0.39 is 33.4 Å². The lowest BCUT2D eigenvalue weighted by Gasteiger charge is -2.34. The van der Waals surface area contributed by atoms with E-state index in [1.807, 2.05) is 6.07 Å². The summed E-state index contributed by atoms with van der Waals surface area (Å²) in [5.74, 6) is -0.128. The minimum absolute atomic E-state index is 0.0794. The van der Waals surface area contributed by atoms with Gasteiger partial charge in [-0.3, -0.25) is 4.79 Å². The number of hydrogen-bond acceptors (Lipinski definition) is 5. The van der Waals surface area contributed by atoms with Crippen molar-refractivity contribution in [1.82, 2.24) is 9.29 Å². The number of rotatable bonds is 7. The number of nitrogens with zero attached hydrogens (tertiary/aromatic N) is 2. The van der Waals surface area contributed by atoms with Gasteiger partial charge in [-0.25, -0.2) is 13.1 Å². The van der Waals surface area contributed by atoms with Crippen molar-refractivity contribution in [2.24, 2.45) is 7.05 Å². The molecule has 2 atom stereocenters. The Bertz CT molecular complexity index is 1110. The molecule has 1 aromatic carbocycles. The van der Waals surface area contributed by atoms with Crippen LogP contribution < -0.4 is 15.1 Å². The highest BCUT2D eigenvalue weighted by Crippen LogP contribution is 2.35. The van der Waals surface area contributed by atoms with E-state index in [4.69, 9.17) is 4.74 Å². The van der Waals surface area contributed by atoms with Crippen LogP contribution >= 0.6 is 0 Å². The first-order chi connectivity index (χ1) is 15.7. The zero-order chi connectivity index (χ0) is 23.6. The van der Waals surface area contributed by atoms with E-state index >= 15 is 0 Å². The fraction of sp³-hybridized carbons (Fsp3) is 0.542. The molecular formula is C24H32FN3O4S. The monoisotopic (exact) mass is 477 g/mol. The predicted octanol–water partition coefficient (Wildman–Crippen LogP) is 2.76. The van der Waals surface area contributed by atoms with Crippen LogP contribution in [0.5, 0.6) is 0 Å². The van der Waals surface area contributed by atoms with Crippen molar-refractivity contribution in [3.05, 3.63) is 64.2 Å². The highest BCUT2D eigenvalue weighted by Gasteiger charge is 2.39. The van der Waals surface area contributed by atoms with Crippen LogP contribution in [0.15, 0.2) is 47.4 Å². The number of benzene rings is 1. The maximum Gasteiger partial charge on any atom is 0.219 e. The van der Waals surface area contributed by atoms with Crippen molar-refractivity contribution >= 4 is 15.8 Å². The molecule has 0 amide bonds. The lowest BCUT2D eigenvalue weighted by Crippen LogP contribution is -2.49. The second kappa shape index (κ2) is 9.95. The SMILES string of the molecule is Cn1ccc(=O)c(F)c1N1CC[C@H](NS(C)(=O)=O)[C@@H]1COC1CCC(c2ccccc2)CC1. The van der Waals surface area contributed by atoms with Crippen LogP contribution in [0.3, 0.4) is 0 Å². The number of aromatic nitrogens is 1. The maximum atomic E-state index is 14.8. The molecule has 1 saturated heterocycles. The average Bonchev–Trinajstić information content (AvgIpc) is 3.16. The van der Waals surface area contributed by atoms with E-state index in [1.54, 1.807) is 16.5 Å². The van der Waals surface area contributed by atoms with Crippen LogP contribution in [0.25, 0.3) is 0 Å². The number of aryl methyl sites for hydroxylation is 1. The first-order valence-electron chi connectivity index (χ1n) is 11.5. The van der Waals surface area contributed by atoms with Gasteiger partial charge in [0.2, 0.25) is 21.3 Å². The minimum Gasteiger partial charge on any atom is -0.376 e. The molecule has 4 rings (SSSR count). The van der Waals surface area contributed by atoms with Gasteiger partial charge >= 0.3 is 0 Å². The number of hydrogen-bond donors (Lipinski definition) is 1. The molecule has 1 aliphatic carbocycles. The molecule has 2 aromatic rings. The van der Waals surface area contributed by atoms with Crippen LogP contribution in [0.2, 0.25) is 0 Å². The smallest absolute Gasteiger partial charge is 0.219 e. The fourth-order valence-electron chi connectivity index (χ4n) is 5.17. The zero-order valence-corrected chi connectivity index (χ0v) is 19.9. The number of anilines is 1. The third-order valence-electron chi connectivity index (χ3n) is 6.83. The van der Waals surface area contributed by atoms with Gasteiger partial charge in [0.15, 0.2) is 0 Å². The van der Waals surface area contributed by atoms with E-state index in [9.17, 15) is 17.6 Å². The molecular weight excluding hydrogens is 445 g/mol. The van der Waals surface area contributed by atoms with Gasteiger partial charge in [-0.05, 0) is 43.6 Å². The molecule has 0 bridgehead atoms. The second-order valence-corrected chi connectivity index (χ2v) is 11.0. The Balaban J connectivity index is 1.46. The van der Waals surface area contributed by atoms with Crippen LogP contribution in [-0.4, -0.2) is 50.6 Å². The summed E-state index contributed by atoms with van der Waals surface area (Å²) in [5, 5.41) is 0. The van der Waals surface area contributed by atoms with Gasteiger partial charge in [0.05, 0.1) is 25.0 Å². The fourth-order valence-corrected chi connectivity index (χ4v) is 6.00. The lowest BCUT2D eigenvalue weighted by atomic mass is 9.83. The summed E-state index contributed by atoms with van der Waals surface area (Å²) < 4.78 is 49.2. The van der Waals surface area contributed by atoms with Crippen molar-refractivity contribution in [3.63, 3.8) is 0 Å². The van der Waals surface area contributed by atoms with E-state index in [1.165, 1.54) is 17.8 Å². The Morgan fingerprint density at radius 2 is 1.79 bits per heavy atom. The summed E-state index contributed by atoms with van der Waals surface area (Å²) in [6.45, 7) is 0.687. The number of nitrogens with one attached hydrogen (secondary N) is 1. The van der Waals surface area contributed by atoms with Crippen molar-refractivity contribution in [1.29, 1.82) is 0 Å². The quantitative estimate of drug-likeness (QED) is 0.663. The Morgan fingerprint density at radius 1 is 1.09 bits per heavy atom. The second-order valence-electron chi connectivity index (χ2n) is 9.19. The Kier molecular flexibility index (Phi) is 7.21. The molecule has 1 aromatic heterocycles. The highest BCUT2D eigenvalue weighted by molar-refractivity contribution is 7.88. The number of ether oxygens (including phenoxy) is 1. The van der Waals surface area contributed by atoms with E-state index in [-0.39, 0.29) is 18.5 Å². The van der Waals surface area contributed by atoms with E-state index in [0.29, 0.717) is 18.9 Å². The third kappa shape index (κ3) is 5.65. The summed E-state index contributed by atoms with van der Waals surface area (Å²) >= 11 is 0. The zero-order valence-electron chi connectivity index (χ0n) is 19.1. The maximum absolute atomic E-state index is 14.8. The summed E-state index contributed by atoms with van der Waals surface area (Å²) in [6.07, 6.45) is 7.16. The van der Waals surface area contributed by atoms with Gasteiger partial charge < -0.3 is 14.2 Å². The average molecular weight is 478 g/mol. The van der Waals surface area contributed by atoms with Gasteiger partial charge in [0.25, 0.3) is 0 Å². The minimum atomic E-state index is -3.45. The topological polar surface area (TPSA) is 80.6 Å². The molecule has 2 fully saturated rings. The molecule has 1 aliphatic heterocycles. The van der Waals surface area contributed by atoms with Gasteiger partial charge in [0.1, 0.15) is 5.82 Å². The molecule has 1 N–H and O–H groups in total. The molecule has 33 heavy (non-hydrogen) atoms. The van der Waals surface area contributed by atoms with Crippen LogP contribution in [0, 0.1) is 5.82 Å². The molecule has 180 valence electrons. The summed E-state index contributed by atoms with van der Waals surface area (Å²) in [7, 11) is -1.77. The largest absolute Gasteiger partial charge is 0.376 e. The molecule has 0 radical (unpaired) electrons. The Labute approximate surface area is 194 Å². The van der Waals surface area contributed by atoms with Crippen molar-refractivity contribution < 1.29 is 17.5 Å². The molecule has 2 aliphatic rings. The number of pyridine rings is 1. The molecule has 2 heterocycles. The van der Waals surface area contributed by atoms with Crippen LogP contribution in [-0.2, 0) is 21.8 Å². The first-order valence-corrected chi connectivity index (χ1v) is 13.4. The van der Waals surface area contributed by atoms with Gasteiger partial charge in [-0.1, -0.05) is 30.3 Å². The standard InChI is InChI=1S/C24H32FN3O4S/c1-27-14-13-22(29)23(25)24(27)28-15-12-20(26-33(2,30)31)21(28)16-32-19-10-8-18(9-11-19)17-6-4-3-5-7-17/h3-7,13-14,18-21,26H,8-12,15-16H2,1-2H3/t18?,19?,20-,21-/m0/s1.